The Labute approximate surface area is 132 Å². The molecule has 0 spiro atoms. The highest BCUT2D eigenvalue weighted by atomic mass is 32.2. The lowest BCUT2D eigenvalue weighted by molar-refractivity contribution is -0.120. The van der Waals surface area contributed by atoms with Gasteiger partial charge in [0, 0.05) is 5.92 Å². The van der Waals surface area contributed by atoms with Crippen molar-refractivity contribution in [2.75, 3.05) is 5.32 Å². The second-order valence-corrected chi connectivity index (χ2v) is 8.11. The molecule has 1 aromatic carbocycles. The van der Waals surface area contributed by atoms with Gasteiger partial charge in [-0.2, -0.15) is 0 Å². The molecule has 1 saturated carbocycles. The number of nitrogens with zero attached hydrogens (tertiary/aromatic N) is 1. The normalized spacial score (nSPS) is 16.8. The van der Waals surface area contributed by atoms with Crippen molar-refractivity contribution in [3.63, 3.8) is 0 Å². The molecule has 0 bridgehead atoms. The maximum Gasteiger partial charge on any atom is 0.238 e. The van der Waals surface area contributed by atoms with Crippen LogP contribution in [0.2, 0.25) is 0 Å². The predicted molar refractivity (Wildman–Crippen MR) is 86.2 cm³/mol. The average Bonchev–Trinajstić information content (AvgIpc) is 2.88. The quantitative estimate of drug-likeness (QED) is 0.896. The van der Waals surface area contributed by atoms with Gasteiger partial charge >= 0.3 is 0 Å². The van der Waals surface area contributed by atoms with Gasteiger partial charge in [-0.15, -0.1) is 0 Å². The zero-order valence-electron chi connectivity index (χ0n) is 11.9. The molecule has 0 saturated heterocycles. The number of hydrogen-bond acceptors (Lipinski definition) is 5. The number of primary sulfonamides is 1. The third-order valence-electron chi connectivity index (χ3n) is 3.89. The van der Waals surface area contributed by atoms with Crippen LogP contribution in [0.25, 0.3) is 10.2 Å². The van der Waals surface area contributed by atoms with E-state index in [2.05, 4.69) is 10.3 Å². The first kappa shape index (κ1) is 15.4. The number of thiazole rings is 1. The summed E-state index contributed by atoms with van der Waals surface area (Å²) in [5.41, 5.74) is 0.649. The van der Waals surface area contributed by atoms with E-state index in [1.54, 1.807) is 6.07 Å². The van der Waals surface area contributed by atoms with Crippen molar-refractivity contribution in [1.29, 1.82) is 0 Å². The fraction of sp³-hybridized carbons (Fsp3) is 0.429. The molecule has 0 unspecified atom stereocenters. The molecular formula is C14H17N3O3S2. The first-order valence-electron chi connectivity index (χ1n) is 7.18. The van der Waals surface area contributed by atoms with Gasteiger partial charge in [0.05, 0.1) is 15.1 Å². The minimum Gasteiger partial charge on any atom is -0.302 e. The molecule has 1 heterocycles. The number of hydrogen-bond donors (Lipinski definition) is 2. The lowest BCUT2D eigenvalue weighted by Crippen LogP contribution is -2.24. The van der Waals surface area contributed by atoms with Gasteiger partial charge in [0.1, 0.15) is 0 Å². The molecule has 1 aromatic heterocycles. The van der Waals surface area contributed by atoms with Gasteiger partial charge in [0.25, 0.3) is 0 Å². The van der Waals surface area contributed by atoms with E-state index in [0.717, 1.165) is 25.7 Å². The van der Waals surface area contributed by atoms with Gasteiger partial charge in [0.2, 0.25) is 15.9 Å². The molecule has 1 aliphatic carbocycles. The maximum atomic E-state index is 12.2. The molecule has 22 heavy (non-hydrogen) atoms. The van der Waals surface area contributed by atoms with Crippen LogP contribution in [-0.2, 0) is 14.8 Å². The van der Waals surface area contributed by atoms with Crippen molar-refractivity contribution >= 4 is 42.6 Å². The van der Waals surface area contributed by atoms with Crippen LogP contribution in [0.4, 0.5) is 5.13 Å². The van der Waals surface area contributed by atoms with E-state index in [4.69, 9.17) is 5.14 Å². The van der Waals surface area contributed by atoms with Gasteiger partial charge in [0.15, 0.2) is 5.13 Å². The highest BCUT2D eigenvalue weighted by molar-refractivity contribution is 7.89. The minimum absolute atomic E-state index is 0.00502. The van der Waals surface area contributed by atoms with Crippen molar-refractivity contribution in [2.45, 2.75) is 37.0 Å². The van der Waals surface area contributed by atoms with E-state index < -0.39 is 10.0 Å². The zero-order valence-corrected chi connectivity index (χ0v) is 13.5. The number of rotatable bonds is 3. The van der Waals surface area contributed by atoms with Gasteiger partial charge < -0.3 is 5.32 Å². The Hall–Kier alpha value is -1.51. The molecule has 1 aliphatic rings. The zero-order chi connectivity index (χ0) is 15.7. The molecule has 3 rings (SSSR count). The summed E-state index contributed by atoms with van der Waals surface area (Å²) >= 11 is 1.26. The van der Waals surface area contributed by atoms with Crippen LogP contribution in [0.5, 0.6) is 0 Å². The van der Waals surface area contributed by atoms with Crippen LogP contribution in [0, 0.1) is 5.92 Å². The largest absolute Gasteiger partial charge is 0.302 e. The Morgan fingerprint density at radius 1 is 1.27 bits per heavy atom. The second-order valence-electron chi connectivity index (χ2n) is 5.52. The summed E-state index contributed by atoms with van der Waals surface area (Å²) in [6, 6.07) is 4.50. The lowest BCUT2D eigenvalue weighted by Gasteiger charge is -2.19. The SMILES string of the molecule is NS(=O)(=O)c1ccc2nc(NC(=O)C3CCCCC3)sc2c1. The second kappa shape index (κ2) is 5.94. The summed E-state index contributed by atoms with van der Waals surface area (Å²) in [6.07, 6.45) is 5.23. The summed E-state index contributed by atoms with van der Waals surface area (Å²) in [5.74, 6) is 0.0613. The number of anilines is 1. The van der Waals surface area contributed by atoms with Gasteiger partial charge in [-0.1, -0.05) is 30.6 Å². The summed E-state index contributed by atoms with van der Waals surface area (Å²) in [6.45, 7) is 0. The molecule has 3 N–H and O–H groups in total. The van der Waals surface area contributed by atoms with Crippen molar-refractivity contribution in [3.05, 3.63) is 18.2 Å². The van der Waals surface area contributed by atoms with Crippen LogP contribution in [0.3, 0.4) is 0 Å². The summed E-state index contributed by atoms with van der Waals surface area (Å²) in [7, 11) is -3.73. The average molecular weight is 339 g/mol. The summed E-state index contributed by atoms with van der Waals surface area (Å²) < 4.78 is 23.4. The fourth-order valence-corrected chi connectivity index (χ4v) is 4.23. The maximum absolute atomic E-state index is 12.2. The summed E-state index contributed by atoms with van der Waals surface area (Å²) in [4.78, 5) is 16.6. The number of carbonyl (C=O) groups is 1. The Morgan fingerprint density at radius 3 is 2.68 bits per heavy atom. The van der Waals surface area contributed by atoms with E-state index in [9.17, 15) is 13.2 Å². The molecule has 1 fully saturated rings. The van der Waals surface area contributed by atoms with Gasteiger partial charge in [-0.05, 0) is 31.0 Å². The van der Waals surface area contributed by atoms with Crippen LogP contribution < -0.4 is 10.5 Å². The molecule has 118 valence electrons. The Balaban J connectivity index is 1.81. The third-order valence-corrected chi connectivity index (χ3v) is 5.74. The first-order chi connectivity index (χ1) is 10.4. The van der Waals surface area contributed by atoms with Crippen LogP contribution in [0.1, 0.15) is 32.1 Å². The third kappa shape index (κ3) is 3.29. The van der Waals surface area contributed by atoms with E-state index in [1.807, 2.05) is 0 Å². The number of aromatic nitrogens is 1. The topological polar surface area (TPSA) is 102 Å². The molecule has 2 aromatic rings. The minimum atomic E-state index is -3.73. The molecule has 0 atom stereocenters. The van der Waals surface area contributed by atoms with Crippen molar-refractivity contribution in [2.24, 2.45) is 11.1 Å². The number of sulfonamides is 1. The Bertz CT molecular complexity index is 808. The monoisotopic (exact) mass is 339 g/mol. The van der Waals surface area contributed by atoms with Crippen LogP contribution in [-0.4, -0.2) is 19.3 Å². The Morgan fingerprint density at radius 2 is 2.00 bits per heavy atom. The van der Waals surface area contributed by atoms with E-state index in [-0.39, 0.29) is 16.7 Å². The number of amides is 1. The highest BCUT2D eigenvalue weighted by Gasteiger charge is 2.22. The molecule has 6 nitrogen and oxygen atoms in total. The summed E-state index contributed by atoms with van der Waals surface area (Å²) in [5, 5.41) is 8.46. The number of carbonyl (C=O) groups excluding carboxylic acids is 1. The standard InChI is InChI=1S/C14H17N3O3S2/c15-22(19,20)10-6-7-11-12(8-10)21-14(16-11)17-13(18)9-4-2-1-3-5-9/h6-9H,1-5H2,(H2,15,19,20)(H,16,17,18). The number of nitrogens with one attached hydrogen (secondary N) is 1. The van der Waals surface area contributed by atoms with E-state index in [1.165, 1.54) is 29.9 Å². The predicted octanol–water partition coefficient (Wildman–Crippen LogP) is 2.46. The smallest absolute Gasteiger partial charge is 0.238 e. The van der Waals surface area contributed by atoms with Crippen molar-refractivity contribution in [1.82, 2.24) is 4.98 Å². The van der Waals surface area contributed by atoms with Gasteiger partial charge in [-0.3, -0.25) is 4.79 Å². The van der Waals surface area contributed by atoms with Crippen molar-refractivity contribution < 1.29 is 13.2 Å². The number of fused-ring (bicyclic) bond motifs is 1. The molecular weight excluding hydrogens is 322 g/mol. The number of benzene rings is 1. The van der Waals surface area contributed by atoms with E-state index >= 15 is 0 Å². The molecule has 8 heteroatoms. The van der Waals surface area contributed by atoms with Crippen LogP contribution in [0.15, 0.2) is 23.1 Å². The van der Waals surface area contributed by atoms with Crippen molar-refractivity contribution in [3.8, 4) is 0 Å². The lowest BCUT2D eigenvalue weighted by atomic mass is 9.89. The number of nitrogens with two attached hydrogens (primary N) is 1. The Kier molecular flexibility index (Phi) is 4.16. The van der Waals surface area contributed by atoms with Crippen LogP contribution >= 0.6 is 11.3 Å². The van der Waals surface area contributed by atoms with E-state index in [0.29, 0.717) is 15.3 Å². The molecule has 0 radical (unpaired) electrons. The van der Waals surface area contributed by atoms with Gasteiger partial charge in [-0.25, -0.2) is 18.5 Å². The fourth-order valence-electron chi connectivity index (χ4n) is 2.71. The first-order valence-corrected chi connectivity index (χ1v) is 9.54. The highest BCUT2D eigenvalue weighted by Crippen LogP contribution is 2.30. The molecule has 0 aliphatic heterocycles. The molecule has 1 amide bonds.